The Morgan fingerprint density at radius 2 is 2.57 bits per heavy atom. The third-order valence-corrected chi connectivity index (χ3v) is 3.58. The van der Waals surface area contributed by atoms with Gasteiger partial charge in [-0.15, -0.1) is 11.3 Å². The number of thiazole rings is 1. The lowest BCUT2D eigenvalue weighted by Crippen LogP contribution is -2.14. The topological polar surface area (TPSA) is 39.2 Å². The Labute approximate surface area is 91.9 Å². The summed E-state index contributed by atoms with van der Waals surface area (Å²) in [6, 6.07) is 0. The predicted molar refractivity (Wildman–Crippen MR) is 59.5 cm³/mol. The highest BCUT2D eigenvalue weighted by Crippen LogP contribution is 2.15. The number of thioether (sulfide) groups is 1. The second kappa shape index (κ2) is 6.03. The van der Waals surface area contributed by atoms with Gasteiger partial charge in [-0.05, 0) is 0 Å². The van der Waals surface area contributed by atoms with Crippen molar-refractivity contribution in [2.45, 2.75) is 12.7 Å². The Morgan fingerprint density at radius 3 is 3.14 bits per heavy atom. The second-order valence-electron chi connectivity index (χ2n) is 2.92. The van der Waals surface area contributed by atoms with E-state index < -0.39 is 0 Å². The average Bonchev–Trinajstić information content (AvgIpc) is 2.69. The summed E-state index contributed by atoms with van der Waals surface area (Å²) in [7, 11) is 1.42. The van der Waals surface area contributed by atoms with Gasteiger partial charge in [-0.3, -0.25) is 4.79 Å². The first-order valence-corrected chi connectivity index (χ1v) is 6.36. The van der Waals surface area contributed by atoms with Gasteiger partial charge in [0.1, 0.15) is 0 Å². The number of methoxy groups -OCH3 is 1. The molecule has 1 heterocycles. The zero-order valence-electron chi connectivity index (χ0n) is 8.23. The van der Waals surface area contributed by atoms with Crippen LogP contribution in [0.1, 0.15) is 12.6 Å². The number of hydrogen-bond donors (Lipinski definition) is 0. The van der Waals surface area contributed by atoms with Gasteiger partial charge in [0.05, 0.1) is 24.2 Å². The maximum Gasteiger partial charge on any atom is 0.309 e. The summed E-state index contributed by atoms with van der Waals surface area (Å²) >= 11 is 3.30. The van der Waals surface area contributed by atoms with Crippen LogP contribution in [0.15, 0.2) is 10.9 Å². The maximum absolute atomic E-state index is 11.1. The Balaban J connectivity index is 2.18. The standard InChI is InChI=1S/C9H13NO2S2/c1-7(9(11)12-2)3-13-4-8-5-14-6-10-8/h5-7H,3-4H2,1-2H3. The van der Waals surface area contributed by atoms with Gasteiger partial charge in [0.25, 0.3) is 0 Å². The third kappa shape index (κ3) is 3.67. The van der Waals surface area contributed by atoms with E-state index in [1.54, 1.807) is 23.1 Å². The van der Waals surface area contributed by atoms with Crippen LogP contribution in [0.3, 0.4) is 0 Å². The minimum atomic E-state index is -0.143. The van der Waals surface area contributed by atoms with Crippen molar-refractivity contribution < 1.29 is 9.53 Å². The molecule has 0 radical (unpaired) electrons. The molecule has 1 aromatic rings. The smallest absolute Gasteiger partial charge is 0.309 e. The SMILES string of the molecule is COC(=O)C(C)CSCc1cscn1. The summed E-state index contributed by atoms with van der Waals surface area (Å²) in [5.74, 6) is 1.47. The summed E-state index contributed by atoms with van der Waals surface area (Å²) in [6.07, 6.45) is 0. The number of rotatable bonds is 5. The molecular formula is C9H13NO2S2. The molecule has 0 saturated carbocycles. The molecule has 1 atom stereocenters. The minimum absolute atomic E-state index is 0.0383. The van der Waals surface area contributed by atoms with Gasteiger partial charge in [-0.2, -0.15) is 11.8 Å². The molecule has 0 saturated heterocycles. The fraction of sp³-hybridized carbons (Fsp3) is 0.556. The molecule has 14 heavy (non-hydrogen) atoms. The molecule has 0 amide bonds. The molecule has 0 aliphatic rings. The van der Waals surface area contributed by atoms with Gasteiger partial charge >= 0.3 is 5.97 Å². The van der Waals surface area contributed by atoms with Crippen molar-refractivity contribution in [1.29, 1.82) is 0 Å². The fourth-order valence-corrected chi connectivity index (χ4v) is 2.56. The third-order valence-electron chi connectivity index (χ3n) is 1.70. The fourth-order valence-electron chi connectivity index (χ4n) is 0.918. The van der Waals surface area contributed by atoms with E-state index in [2.05, 4.69) is 9.72 Å². The summed E-state index contributed by atoms with van der Waals surface area (Å²) in [5, 5.41) is 2.02. The van der Waals surface area contributed by atoms with Crippen molar-refractivity contribution in [1.82, 2.24) is 4.98 Å². The van der Waals surface area contributed by atoms with Crippen molar-refractivity contribution in [2.75, 3.05) is 12.9 Å². The van der Waals surface area contributed by atoms with Gasteiger partial charge in [0.15, 0.2) is 0 Å². The van der Waals surface area contributed by atoms with E-state index in [0.717, 1.165) is 17.2 Å². The van der Waals surface area contributed by atoms with E-state index >= 15 is 0 Å². The van der Waals surface area contributed by atoms with Gasteiger partial charge in [0, 0.05) is 16.9 Å². The molecule has 1 unspecified atom stereocenters. The number of carbonyl (C=O) groups is 1. The molecule has 5 heteroatoms. The molecule has 1 rings (SSSR count). The summed E-state index contributed by atoms with van der Waals surface area (Å²) in [6.45, 7) is 1.87. The molecule has 0 aliphatic carbocycles. The van der Waals surface area contributed by atoms with Gasteiger partial charge < -0.3 is 4.74 Å². The summed E-state index contributed by atoms with van der Waals surface area (Å²) in [5.41, 5.74) is 2.90. The van der Waals surface area contributed by atoms with Crippen LogP contribution in [-0.2, 0) is 15.3 Å². The van der Waals surface area contributed by atoms with Gasteiger partial charge in [0.2, 0.25) is 0 Å². The normalized spacial score (nSPS) is 12.4. The molecule has 0 N–H and O–H groups in total. The zero-order chi connectivity index (χ0) is 10.4. The minimum Gasteiger partial charge on any atom is -0.469 e. The van der Waals surface area contributed by atoms with Crippen LogP contribution >= 0.6 is 23.1 Å². The van der Waals surface area contributed by atoms with Crippen LogP contribution in [0.25, 0.3) is 0 Å². The summed E-state index contributed by atoms with van der Waals surface area (Å²) in [4.78, 5) is 15.2. The Bertz CT molecular complexity index is 274. The molecule has 0 spiro atoms. The van der Waals surface area contributed by atoms with E-state index in [0.29, 0.717) is 0 Å². The average molecular weight is 231 g/mol. The van der Waals surface area contributed by atoms with Crippen LogP contribution in [0.2, 0.25) is 0 Å². The van der Waals surface area contributed by atoms with Crippen molar-refractivity contribution in [3.05, 3.63) is 16.6 Å². The highest BCUT2D eigenvalue weighted by molar-refractivity contribution is 7.98. The number of aromatic nitrogens is 1. The lowest BCUT2D eigenvalue weighted by Gasteiger charge is -2.07. The summed E-state index contributed by atoms with van der Waals surface area (Å²) < 4.78 is 4.63. The quantitative estimate of drug-likeness (QED) is 0.728. The van der Waals surface area contributed by atoms with Crippen LogP contribution in [0.5, 0.6) is 0 Å². The molecule has 78 valence electrons. The molecule has 3 nitrogen and oxygen atoms in total. The first-order valence-electron chi connectivity index (χ1n) is 4.26. The van der Waals surface area contributed by atoms with E-state index in [1.165, 1.54) is 7.11 Å². The number of ether oxygens (including phenoxy) is 1. The lowest BCUT2D eigenvalue weighted by molar-refractivity contribution is -0.143. The largest absolute Gasteiger partial charge is 0.469 e. The van der Waals surface area contributed by atoms with Gasteiger partial charge in [-0.25, -0.2) is 4.98 Å². The first kappa shape index (κ1) is 11.5. The molecule has 0 aromatic carbocycles. The van der Waals surface area contributed by atoms with Crippen LogP contribution in [0.4, 0.5) is 0 Å². The first-order chi connectivity index (χ1) is 6.74. The molecule has 0 bridgehead atoms. The molecule has 0 fully saturated rings. The van der Waals surface area contributed by atoms with E-state index in [-0.39, 0.29) is 11.9 Å². The molecule has 1 aromatic heterocycles. The molecular weight excluding hydrogens is 218 g/mol. The number of hydrogen-bond acceptors (Lipinski definition) is 5. The van der Waals surface area contributed by atoms with Crippen molar-refractivity contribution in [3.8, 4) is 0 Å². The van der Waals surface area contributed by atoms with Crippen LogP contribution in [-0.4, -0.2) is 23.8 Å². The van der Waals surface area contributed by atoms with Crippen molar-refractivity contribution >= 4 is 29.1 Å². The maximum atomic E-state index is 11.1. The Kier molecular flexibility index (Phi) is 4.97. The number of nitrogens with zero attached hydrogens (tertiary/aromatic N) is 1. The van der Waals surface area contributed by atoms with Crippen LogP contribution < -0.4 is 0 Å². The van der Waals surface area contributed by atoms with E-state index in [9.17, 15) is 4.79 Å². The Morgan fingerprint density at radius 1 is 1.79 bits per heavy atom. The lowest BCUT2D eigenvalue weighted by atomic mass is 10.2. The predicted octanol–water partition coefficient (Wildman–Crippen LogP) is 2.19. The number of esters is 1. The van der Waals surface area contributed by atoms with E-state index in [1.807, 2.05) is 17.8 Å². The van der Waals surface area contributed by atoms with E-state index in [4.69, 9.17) is 0 Å². The van der Waals surface area contributed by atoms with Crippen molar-refractivity contribution in [2.24, 2.45) is 5.92 Å². The number of carbonyl (C=O) groups excluding carboxylic acids is 1. The van der Waals surface area contributed by atoms with Gasteiger partial charge in [-0.1, -0.05) is 6.92 Å². The Hall–Kier alpha value is -0.550. The second-order valence-corrected chi connectivity index (χ2v) is 4.67. The highest BCUT2D eigenvalue weighted by atomic mass is 32.2. The van der Waals surface area contributed by atoms with Crippen LogP contribution in [0, 0.1) is 5.92 Å². The molecule has 0 aliphatic heterocycles. The van der Waals surface area contributed by atoms with Crippen molar-refractivity contribution in [3.63, 3.8) is 0 Å². The monoisotopic (exact) mass is 231 g/mol. The highest BCUT2D eigenvalue weighted by Gasteiger charge is 2.12. The zero-order valence-corrected chi connectivity index (χ0v) is 9.86.